The Balaban J connectivity index is 2.92. The van der Waals surface area contributed by atoms with Crippen LogP contribution in [0.15, 0.2) is 24.4 Å². The SMILES string of the molecule is CCN(C(CC)(CC)CN)S(=O)(=O)CCc1ccccn1. The Morgan fingerprint density at radius 1 is 1.24 bits per heavy atom. The maximum Gasteiger partial charge on any atom is 0.215 e. The second-order valence-corrected chi connectivity index (χ2v) is 7.20. The molecule has 2 N–H and O–H groups in total. The number of hydrogen-bond donors (Lipinski definition) is 1. The largest absolute Gasteiger partial charge is 0.329 e. The first kappa shape index (κ1) is 18.1. The van der Waals surface area contributed by atoms with E-state index in [2.05, 4.69) is 4.98 Å². The first-order valence-electron chi connectivity index (χ1n) is 7.56. The number of sulfonamides is 1. The standard InChI is InChI=1S/C15H27N3O2S/c1-4-15(5-2,13-16)18(6-3)21(19,20)12-10-14-9-7-8-11-17-14/h7-9,11H,4-6,10,12-13,16H2,1-3H3. The molecule has 0 aliphatic rings. The molecule has 0 fully saturated rings. The van der Waals surface area contributed by atoms with E-state index in [1.807, 2.05) is 39.0 Å². The summed E-state index contributed by atoms with van der Waals surface area (Å²) in [4.78, 5) is 4.18. The summed E-state index contributed by atoms with van der Waals surface area (Å²) in [5.41, 5.74) is 6.21. The summed E-state index contributed by atoms with van der Waals surface area (Å²) in [6.45, 7) is 6.65. The van der Waals surface area contributed by atoms with Crippen LogP contribution < -0.4 is 5.73 Å². The van der Waals surface area contributed by atoms with Crippen molar-refractivity contribution in [3.8, 4) is 0 Å². The number of hydrogen-bond acceptors (Lipinski definition) is 4. The maximum absolute atomic E-state index is 12.7. The number of nitrogens with zero attached hydrogens (tertiary/aromatic N) is 2. The minimum atomic E-state index is -3.35. The van der Waals surface area contributed by atoms with Gasteiger partial charge in [0.05, 0.1) is 5.75 Å². The quantitative estimate of drug-likeness (QED) is 0.754. The lowest BCUT2D eigenvalue weighted by molar-refractivity contribution is 0.184. The molecule has 0 saturated heterocycles. The lowest BCUT2D eigenvalue weighted by Crippen LogP contribution is -2.56. The topological polar surface area (TPSA) is 76.3 Å². The molecule has 0 atom stereocenters. The minimum Gasteiger partial charge on any atom is -0.329 e. The summed E-state index contributed by atoms with van der Waals surface area (Å²) < 4.78 is 27.0. The number of aromatic nitrogens is 1. The number of likely N-dealkylation sites (N-methyl/N-ethyl adjacent to an activating group) is 1. The summed E-state index contributed by atoms with van der Waals surface area (Å²) in [6, 6.07) is 5.54. The Labute approximate surface area is 128 Å². The van der Waals surface area contributed by atoms with E-state index in [9.17, 15) is 8.42 Å². The number of pyridine rings is 1. The Morgan fingerprint density at radius 2 is 1.90 bits per heavy atom. The maximum atomic E-state index is 12.7. The van der Waals surface area contributed by atoms with Crippen LogP contribution in [0.3, 0.4) is 0 Å². The van der Waals surface area contributed by atoms with Gasteiger partial charge in [-0.15, -0.1) is 0 Å². The van der Waals surface area contributed by atoms with E-state index in [-0.39, 0.29) is 5.75 Å². The average molecular weight is 313 g/mol. The van der Waals surface area contributed by atoms with Crippen LogP contribution in [0.2, 0.25) is 0 Å². The van der Waals surface area contributed by atoms with Crippen molar-refractivity contribution in [2.45, 2.75) is 45.6 Å². The normalized spacial score (nSPS) is 12.8. The van der Waals surface area contributed by atoms with Gasteiger partial charge in [-0.2, -0.15) is 4.31 Å². The van der Waals surface area contributed by atoms with Gasteiger partial charge in [0.25, 0.3) is 0 Å². The minimum absolute atomic E-state index is 0.0691. The molecule has 0 amide bonds. The fourth-order valence-corrected chi connectivity index (χ4v) is 4.71. The highest BCUT2D eigenvalue weighted by Gasteiger charge is 2.38. The van der Waals surface area contributed by atoms with E-state index in [1.54, 1.807) is 10.5 Å². The zero-order valence-electron chi connectivity index (χ0n) is 13.2. The van der Waals surface area contributed by atoms with Gasteiger partial charge in [-0.25, -0.2) is 8.42 Å². The average Bonchev–Trinajstić information content (AvgIpc) is 2.51. The molecular weight excluding hydrogens is 286 g/mol. The third kappa shape index (κ3) is 4.25. The van der Waals surface area contributed by atoms with E-state index in [1.165, 1.54) is 0 Å². The monoisotopic (exact) mass is 313 g/mol. The molecule has 0 bridgehead atoms. The Kier molecular flexibility index (Phi) is 6.77. The van der Waals surface area contributed by atoms with E-state index < -0.39 is 15.6 Å². The van der Waals surface area contributed by atoms with Gasteiger partial charge < -0.3 is 5.73 Å². The van der Waals surface area contributed by atoms with Crippen LogP contribution in [0.5, 0.6) is 0 Å². The van der Waals surface area contributed by atoms with E-state index in [4.69, 9.17) is 5.73 Å². The smallest absolute Gasteiger partial charge is 0.215 e. The molecule has 1 aromatic heterocycles. The van der Waals surface area contributed by atoms with Crippen LogP contribution >= 0.6 is 0 Å². The first-order valence-corrected chi connectivity index (χ1v) is 9.17. The molecule has 0 spiro atoms. The molecule has 21 heavy (non-hydrogen) atoms. The number of nitrogens with two attached hydrogens (primary N) is 1. The highest BCUT2D eigenvalue weighted by molar-refractivity contribution is 7.89. The number of rotatable bonds is 9. The van der Waals surface area contributed by atoms with Gasteiger partial charge in [-0.1, -0.05) is 26.8 Å². The molecule has 0 aromatic carbocycles. The zero-order valence-corrected chi connectivity index (χ0v) is 14.1. The van der Waals surface area contributed by atoms with E-state index >= 15 is 0 Å². The third-order valence-electron chi connectivity index (χ3n) is 4.19. The predicted molar refractivity (Wildman–Crippen MR) is 86.5 cm³/mol. The van der Waals surface area contributed by atoms with Crippen LogP contribution in [-0.2, 0) is 16.4 Å². The molecule has 1 heterocycles. The van der Waals surface area contributed by atoms with Crippen molar-refractivity contribution in [1.82, 2.24) is 9.29 Å². The molecule has 1 aromatic rings. The fourth-order valence-electron chi connectivity index (χ4n) is 2.71. The Morgan fingerprint density at radius 3 is 2.33 bits per heavy atom. The second kappa shape index (κ2) is 7.87. The van der Waals surface area contributed by atoms with Crippen molar-refractivity contribution < 1.29 is 8.42 Å². The summed E-state index contributed by atoms with van der Waals surface area (Å²) in [5.74, 6) is 0.0691. The lowest BCUT2D eigenvalue weighted by Gasteiger charge is -2.40. The predicted octanol–water partition coefficient (Wildman–Crippen LogP) is 1.79. The molecule has 0 aliphatic heterocycles. The first-order chi connectivity index (χ1) is 9.95. The van der Waals surface area contributed by atoms with Crippen molar-refractivity contribution in [2.75, 3.05) is 18.8 Å². The third-order valence-corrected chi connectivity index (χ3v) is 6.23. The molecule has 1 rings (SSSR count). The molecule has 5 nitrogen and oxygen atoms in total. The second-order valence-electron chi connectivity index (χ2n) is 5.19. The Bertz CT molecular complexity index is 505. The van der Waals surface area contributed by atoms with Gasteiger partial charge in [0.1, 0.15) is 0 Å². The van der Waals surface area contributed by atoms with Gasteiger partial charge in [0.2, 0.25) is 10.0 Å². The molecule has 0 saturated carbocycles. The molecule has 0 radical (unpaired) electrons. The lowest BCUT2D eigenvalue weighted by atomic mass is 9.93. The van der Waals surface area contributed by atoms with Crippen LogP contribution in [0.25, 0.3) is 0 Å². The van der Waals surface area contributed by atoms with E-state index in [0.717, 1.165) is 18.5 Å². The molecule has 0 aliphatic carbocycles. The fraction of sp³-hybridized carbons (Fsp3) is 0.667. The van der Waals surface area contributed by atoms with Crippen LogP contribution in [0, 0.1) is 0 Å². The van der Waals surface area contributed by atoms with Crippen molar-refractivity contribution in [1.29, 1.82) is 0 Å². The summed E-state index contributed by atoms with van der Waals surface area (Å²) >= 11 is 0. The van der Waals surface area contributed by atoms with Crippen molar-refractivity contribution >= 4 is 10.0 Å². The molecule has 6 heteroatoms. The van der Waals surface area contributed by atoms with Crippen LogP contribution in [0.1, 0.15) is 39.3 Å². The van der Waals surface area contributed by atoms with Gasteiger partial charge in [0.15, 0.2) is 0 Å². The van der Waals surface area contributed by atoms with E-state index in [0.29, 0.717) is 19.5 Å². The summed E-state index contributed by atoms with van der Waals surface area (Å²) in [7, 11) is -3.35. The highest BCUT2D eigenvalue weighted by Crippen LogP contribution is 2.26. The van der Waals surface area contributed by atoms with Gasteiger partial charge in [-0.05, 0) is 25.0 Å². The highest BCUT2D eigenvalue weighted by atomic mass is 32.2. The van der Waals surface area contributed by atoms with Gasteiger partial charge >= 0.3 is 0 Å². The van der Waals surface area contributed by atoms with Crippen molar-refractivity contribution in [2.24, 2.45) is 5.73 Å². The number of aryl methyl sites for hydroxylation is 1. The summed E-state index contributed by atoms with van der Waals surface area (Å²) in [6.07, 6.45) is 3.54. The van der Waals surface area contributed by atoms with Gasteiger partial charge in [-0.3, -0.25) is 4.98 Å². The van der Waals surface area contributed by atoms with Crippen molar-refractivity contribution in [3.05, 3.63) is 30.1 Å². The zero-order chi connectivity index (χ0) is 15.9. The molecule has 120 valence electrons. The van der Waals surface area contributed by atoms with Crippen molar-refractivity contribution in [3.63, 3.8) is 0 Å². The summed E-state index contributed by atoms with van der Waals surface area (Å²) in [5, 5.41) is 0. The Hall–Kier alpha value is -0.980. The van der Waals surface area contributed by atoms with Crippen LogP contribution in [0.4, 0.5) is 0 Å². The molecular formula is C15H27N3O2S. The molecule has 0 unspecified atom stereocenters. The van der Waals surface area contributed by atoms with Crippen LogP contribution in [-0.4, -0.2) is 42.1 Å². The van der Waals surface area contributed by atoms with Gasteiger partial charge in [0, 0.05) is 36.9 Å².